The highest BCUT2D eigenvalue weighted by Crippen LogP contribution is 2.24. The van der Waals surface area contributed by atoms with Gasteiger partial charge in [0.2, 0.25) is 0 Å². The normalized spacial score (nSPS) is 13.2. The molecule has 0 aliphatic rings. The van der Waals surface area contributed by atoms with E-state index in [0.717, 1.165) is 7.11 Å². The summed E-state index contributed by atoms with van der Waals surface area (Å²) in [5.74, 6) is -2.91. The Morgan fingerprint density at radius 1 is 1.67 bits per heavy atom. The van der Waals surface area contributed by atoms with Gasteiger partial charge in [0.25, 0.3) is 0 Å². The molecule has 3 nitrogen and oxygen atoms in total. The van der Waals surface area contributed by atoms with Crippen LogP contribution in [0.4, 0.5) is 13.2 Å². The molecule has 1 unspecified atom stereocenters. The predicted octanol–water partition coefficient (Wildman–Crippen LogP) is 1.25. The standard InChI is InChI=1S/C6H6F3NO2/c1-12-5(11)4(3-10)2-6(7,8)9/h4H,2H2,1H3. The number of hydrogen-bond donors (Lipinski definition) is 0. The molecule has 0 fully saturated rings. The highest BCUT2D eigenvalue weighted by Gasteiger charge is 2.35. The van der Waals surface area contributed by atoms with Gasteiger partial charge in [-0.1, -0.05) is 0 Å². The van der Waals surface area contributed by atoms with E-state index in [1.54, 1.807) is 0 Å². The fourth-order valence-electron chi connectivity index (χ4n) is 0.555. The Morgan fingerprint density at radius 3 is 2.42 bits per heavy atom. The molecule has 68 valence electrons. The lowest BCUT2D eigenvalue weighted by Crippen LogP contribution is -2.22. The van der Waals surface area contributed by atoms with E-state index in [0.29, 0.717) is 0 Å². The summed E-state index contributed by atoms with van der Waals surface area (Å²) in [5.41, 5.74) is 0. The van der Waals surface area contributed by atoms with Crippen molar-refractivity contribution in [3.8, 4) is 6.07 Å². The zero-order valence-corrected chi connectivity index (χ0v) is 6.18. The Bertz CT molecular complexity index is 206. The molecule has 0 saturated carbocycles. The minimum absolute atomic E-state index is 0.934. The van der Waals surface area contributed by atoms with Gasteiger partial charge in [-0.25, -0.2) is 0 Å². The molecule has 0 amide bonds. The van der Waals surface area contributed by atoms with Crippen LogP contribution >= 0.6 is 0 Å². The number of alkyl halides is 3. The van der Waals surface area contributed by atoms with Gasteiger partial charge in [0.05, 0.1) is 19.6 Å². The van der Waals surface area contributed by atoms with Crippen LogP contribution in [0.25, 0.3) is 0 Å². The molecule has 0 saturated heterocycles. The number of nitriles is 1. The summed E-state index contributed by atoms with van der Waals surface area (Å²) in [7, 11) is 0.934. The highest BCUT2D eigenvalue weighted by molar-refractivity contribution is 5.75. The third kappa shape index (κ3) is 3.81. The number of hydrogen-bond acceptors (Lipinski definition) is 3. The first-order chi connectivity index (χ1) is 5.40. The third-order valence-corrected chi connectivity index (χ3v) is 1.08. The van der Waals surface area contributed by atoms with Crippen molar-refractivity contribution in [2.24, 2.45) is 5.92 Å². The maximum Gasteiger partial charge on any atom is 0.390 e. The third-order valence-electron chi connectivity index (χ3n) is 1.08. The number of nitrogens with zero attached hydrogens (tertiary/aromatic N) is 1. The van der Waals surface area contributed by atoms with Crippen molar-refractivity contribution in [1.29, 1.82) is 5.26 Å². The van der Waals surface area contributed by atoms with Crippen LogP contribution in [-0.4, -0.2) is 19.3 Å². The minimum atomic E-state index is -4.52. The minimum Gasteiger partial charge on any atom is -0.468 e. The second-order valence-electron chi connectivity index (χ2n) is 2.02. The molecule has 0 bridgehead atoms. The summed E-state index contributed by atoms with van der Waals surface area (Å²) in [6, 6.07) is 1.21. The number of carbonyl (C=O) groups is 1. The molecular weight excluding hydrogens is 175 g/mol. The summed E-state index contributed by atoms with van der Waals surface area (Å²) < 4.78 is 38.9. The molecule has 0 aromatic rings. The number of esters is 1. The second-order valence-corrected chi connectivity index (χ2v) is 2.02. The Labute approximate surface area is 66.7 Å². The zero-order chi connectivity index (χ0) is 9.78. The van der Waals surface area contributed by atoms with E-state index in [9.17, 15) is 18.0 Å². The van der Waals surface area contributed by atoms with Crippen LogP contribution in [0.15, 0.2) is 0 Å². The summed E-state index contributed by atoms with van der Waals surface area (Å²) in [6.07, 6.45) is -5.98. The van der Waals surface area contributed by atoms with E-state index in [1.807, 2.05) is 0 Å². The van der Waals surface area contributed by atoms with Crippen molar-refractivity contribution in [3.63, 3.8) is 0 Å². The van der Waals surface area contributed by atoms with E-state index >= 15 is 0 Å². The lowest BCUT2D eigenvalue weighted by Gasteiger charge is -2.08. The first kappa shape index (κ1) is 10.8. The SMILES string of the molecule is COC(=O)C(C#N)CC(F)(F)F. The monoisotopic (exact) mass is 181 g/mol. The number of methoxy groups -OCH3 is 1. The fourth-order valence-corrected chi connectivity index (χ4v) is 0.555. The molecular formula is C6H6F3NO2. The van der Waals surface area contributed by atoms with E-state index in [1.165, 1.54) is 6.07 Å². The lowest BCUT2D eigenvalue weighted by molar-refractivity contribution is -0.161. The topological polar surface area (TPSA) is 50.1 Å². The van der Waals surface area contributed by atoms with Gasteiger partial charge < -0.3 is 4.74 Å². The van der Waals surface area contributed by atoms with E-state index in [-0.39, 0.29) is 0 Å². The molecule has 0 aromatic heterocycles. The molecule has 0 radical (unpaired) electrons. The molecule has 0 aliphatic carbocycles. The Kier molecular flexibility index (Phi) is 3.54. The van der Waals surface area contributed by atoms with Gasteiger partial charge in [0.1, 0.15) is 0 Å². The highest BCUT2D eigenvalue weighted by atomic mass is 19.4. The van der Waals surface area contributed by atoms with E-state index < -0.39 is 24.5 Å². The maximum absolute atomic E-state index is 11.6. The fraction of sp³-hybridized carbons (Fsp3) is 0.667. The molecule has 0 heterocycles. The van der Waals surface area contributed by atoms with Gasteiger partial charge in [-0.05, 0) is 0 Å². The molecule has 1 atom stereocenters. The van der Waals surface area contributed by atoms with Gasteiger partial charge in [-0.3, -0.25) is 4.79 Å². The quantitative estimate of drug-likeness (QED) is 0.602. The van der Waals surface area contributed by atoms with Crippen molar-refractivity contribution in [3.05, 3.63) is 0 Å². The predicted molar refractivity (Wildman–Crippen MR) is 31.8 cm³/mol. The zero-order valence-electron chi connectivity index (χ0n) is 6.18. The Morgan fingerprint density at radius 2 is 2.17 bits per heavy atom. The van der Waals surface area contributed by atoms with Crippen LogP contribution in [0, 0.1) is 17.2 Å². The number of carbonyl (C=O) groups excluding carboxylic acids is 1. The van der Waals surface area contributed by atoms with Crippen molar-refractivity contribution in [2.75, 3.05) is 7.11 Å². The van der Waals surface area contributed by atoms with Crippen LogP contribution in [-0.2, 0) is 9.53 Å². The van der Waals surface area contributed by atoms with E-state index in [4.69, 9.17) is 5.26 Å². The van der Waals surface area contributed by atoms with Crippen LogP contribution in [0.2, 0.25) is 0 Å². The maximum atomic E-state index is 11.6. The molecule has 6 heteroatoms. The second kappa shape index (κ2) is 3.95. The van der Waals surface area contributed by atoms with Crippen molar-refractivity contribution < 1.29 is 22.7 Å². The number of rotatable bonds is 2. The lowest BCUT2D eigenvalue weighted by atomic mass is 10.1. The summed E-state index contributed by atoms with van der Waals surface area (Å²) in [6.45, 7) is 0. The summed E-state index contributed by atoms with van der Waals surface area (Å²) in [4.78, 5) is 10.5. The van der Waals surface area contributed by atoms with Crippen LogP contribution < -0.4 is 0 Å². The van der Waals surface area contributed by atoms with Crippen LogP contribution in [0.5, 0.6) is 0 Å². The summed E-state index contributed by atoms with van der Waals surface area (Å²) >= 11 is 0. The summed E-state index contributed by atoms with van der Waals surface area (Å²) in [5, 5.41) is 8.14. The molecule has 0 N–H and O–H groups in total. The van der Waals surface area contributed by atoms with Crippen molar-refractivity contribution in [2.45, 2.75) is 12.6 Å². The average molecular weight is 181 g/mol. The first-order valence-electron chi connectivity index (χ1n) is 2.95. The Hall–Kier alpha value is -1.25. The molecule has 0 aromatic carbocycles. The van der Waals surface area contributed by atoms with Gasteiger partial charge in [-0.2, -0.15) is 18.4 Å². The van der Waals surface area contributed by atoms with Crippen LogP contribution in [0.1, 0.15) is 6.42 Å². The van der Waals surface area contributed by atoms with Crippen LogP contribution in [0.3, 0.4) is 0 Å². The smallest absolute Gasteiger partial charge is 0.390 e. The molecule has 0 aliphatic heterocycles. The largest absolute Gasteiger partial charge is 0.468 e. The molecule has 12 heavy (non-hydrogen) atoms. The van der Waals surface area contributed by atoms with Crippen molar-refractivity contribution >= 4 is 5.97 Å². The van der Waals surface area contributed by atoms with Crippen molar-refractivity contribution in [1.82, 2.24) is 0 Å². The molecule has 0 rings (SSSR count). The van der Waals surface area contributed by atoms with Gasteiger partial charge in [0.15, 0.2) is 5.92 Å². The van der Waals surface area contributed by atoms with E-state index in [2.05, 4.69) is 4.74 Å². The molecule has 0 spiro atoms. The van der Waals surface area contributed by atoms with Gasteiger partial charge in [0, 0.05) is 0 Å². The first-order valence-corrected chi connectivity index (χ1v) is 2.95. The Balaban J connectivity index is 4.22. The number of ether oxygens (including phenoxy) is 1. The van der Waals surface area contributed by atoms with Gasteiger partial charge >= 0.3 is 12.1 Å². The average Bonchev–Trinajstić information content (AvgIpc) is 1.97. The number of halogens is 3. The van der Waals surface area contributed by atoms with Gasteiger partial charge in [-0.15, -0.1) is 0 Å².